The summed E-state index contributed by atoms with van der Waals surface area (Å²) in [5.74, 6) is -0.856. The van der Waals surface area contributed by atoms with E-state index in [-0.39, 0.29) is 5.69 Å². The number of nitrogens with one attached hydrogen (secondary N) is 1. The van der Waals surface area contributed by atoms with Crippen molar-refractivity contribution < 1.29 is 17.9 Å². The molecule has 2 rings (SSSR count). The second kappa shape index (κ2) is 4.75. The Kier molecular flexibility index (Phi) is 3.28. The predicted molar refractivity (Wildman–Crippen MR) is 61.8 cm³/mol. The van der Waals surface area contributed by atoms with Gasteiger partial charge in [-0.3, -0.25) is 4.79 Å². The largest absolute Gasteiger partial charge is 0.497 e. The highest BCUT2D eigenvalue weighted by Crippen LogP contribution is 2.27. The Morgan fingerprint density at radius 1 is 1.26 bits per heavy atom. The maximum absolute atomic E-state index is 12.6. The standard InChI is InChI=1S/C12H9F3N2O2/c1-19-8-4-2-3-7(5-8)9-6-10(18)17-11(16-9)12(13,14)15/h2-6H,1H3,(H,16,17,18). The minimum atomic E-state index is -4.70. The van der Waals surface area contributed by atoms with Crippen LogP contribution in [-0.4, -0.2) is 17.1 Å². The molecule has 0 saturated carbocycles. The Morgan fingerprint density at radius 3 is 2.63 bits per heavy atom. The average molecular weight is 270 g/mol. The fourth-order valence-electron chi connectivity index (χ4n) is 1.52. The molecule has 0 radical (unpaired) electrons. The van der Waals surface area contributed by atoms with E-state index in [9.17, 15) is 18.0 Å². The third-order valence-corrected chi connectivity index (χ3v) is 2.38. The molecule has 2 aromatic rings. The third-order valence-electron chi connectivity index (χ3n) is 2.38. The topological polar surface area (TPSA) is 55.0 Å². The van der Waals surface area contributed by atoms with Crippen molar-refractivity contribution in [3.05, 3.63) is 46.5 Å². The lowest BCUT2D eigenvalue weighted by molar-refractivity contribution is -0.145. The Hall–Kier alpha value is -2.31. The number of hydrogen-bond acceptors (Lipinski definition) is 3. The molecule has 0 bridgehead atoms. The summed E-state index contributed by atoms with van der Waals surface area (Å²) in [6.45, 7) is 0. The van der Waals surface area contributed by atoms with E-state index >= 15 is 0 Å². The number of aromatic nitrogens is 2. The molecule has 7 heteroatoms. The van der Waals surface area contributed by atoms with Crippen molar-refractivity contribution in [2.24, 2.45) is 0 Å². The lowest BCUT2D eigenvalue weighted by atomic mass is 10.1. The van der Waals surface area contributed by atoms with Crippen LogP contribution in [0.1, 0.15) is 5.82 Å². The van der Waals surface area contributed by atoms with Crippen LogP contribution in [0.3, 0.4) is 0 Å². The minimum absolute atomic E-state index is 0.0602. The number of methoxy groups -OCH3 is 1. The summed E-state index contributed by atoms with van der Waals surface area (Å²) < 4.78 is 42.6. The number of benzene rings is 1. The van der Waals surface area contributed by atoms with Crippen LogP contribution in [-0.2, 0) is 6.18 Å². The molecule has 0 unspecified atom stereocenters. The van der Waals surface area contributed by atoms with Gasteiger partial charge in [0, 0.05) is 11.6 Å². The van der Waals surface area contributed by atoms with Gasteiger partial charge in [0.25, 0.3) is 5.56 Å². The van der Waals surface area contributed by atoms with Crippen molar-refractivity contribution in [2.45, 2.75) is 6.18 Å². The first-order valence-electron chi connectivity index (χ1n) is 5.23. The molecule has 100 valence electrons. The van der Waals surface area contributed by atoms with Gasteiger partial charge in [-0.2, -0.15) is 13.2 Å². The second-order valence-electron chi connectivity index (χ2n) is 3.71. The van der Waals surface area contributed by atoms with Gasteiger partial charge in [0.2, 0.25) is 5.82 Å². The molecule has 19 heavy (non-hydrogen) atoms. The van der Waals surface area contributed by atoms with Crippen LogP contribution in [0, 0.1) is 0 Å². The lowest BCUT2D eigenvalue weighted by Gasteiger charge is -2.08. The van der Waals surface area contributed by atoms with Crippen molar-refractivity contribution in [3.8, 4) is 17.0 Å². The summed E-state index contributed by atoms with van der Waals surface area (Å²) in [7, 11) is 1.44. The molecule has 0 aliphatic rings. The number of alkyl halides is 3. The van der Waals surface area contributed by atoms with Crippen LogP contribution in [0.15, 0.2) is 35.1 Å². The molecule has 4 nitrogen and oxygen atoms in total. The normalized spacial score (nSPS) is 11.4. The highest BCUT2D eigenvalue weighted by molar-refractivity contribution is 5.60. The Balaban J connectivity index is 2.56. The fraction of sp³-hybridized carbons (Fsp3) is 0.167. The first kappa shape index (κ1) is 13.1. The van der Waals surface area contributed by atoms with E-state index in [1.54, 1.807) is 23.2 Å². The van der Waals surface area contributed by atoms with E-state index in [2.05, 4.69) is 4.98 Å². The highest BCUT2D eigenvalue weighted by Gasteiger charge is 2.34. The molecule has 1 aromatic carbocycles. The quantitative estimate of drug-likeness (QED) is 0.912. The average Bonchev–Trinajstić information content (AvgIpc) is 2.37. The molecule has 1 heterocycles. The van der Waals surface area contributed by atoms with Gasteiger partial charge < -0.3 is 9.72 Å². The minimum Gasteiger partial charge on any atom is -0.497 e. The summed E-state index contributed by atoms with van der Waals surface area (Å²) in [4.78, 5) is 16.3. The third kappa shape index (κ3) is 2.93. The van der Waals surface area contributed by atoms with Crippen LogP contribution in [0.25, 0.3) is 11.3 Å². The number of ether oxygens (including phenoxy) is 1. The molecule has 1 N–H and O–H groups in total. The van der Waals surface area contributed by atoms with Crippen molar-refractivity contribution in [1.82, 2.24) is 9.97 Å². The molecule has 0 fully saturated rings. The van der Waals surface area contributed by atoms with E-state index in [1.165, 1.54) is 13.2 Å². The molecule has 0 amide bonds. The van der Waals surface area contributed by atoms with Gasteiger partial charge in [-0.05, 0) is 12.1 Å². The first-order valence-corrected chi connectivity index (χ1v) is 5.23. The summed E-state index contributed by atoms with van der Waals surface area (Å²) >= 11 is 0. The van der Waals surface area contributed by atoms with Gasteiger partial charge in [0.05, 0.1) is 12.8 Å². The van der Waals surface area contributed by atoms with Crippen LogP contribution >= 0.6 is 0 Å². The molecule has 0 spiro atoms. The van der Waals surface area contributed by atoms with E-state index in [0.29, 0.717) is 11.3 Å². The number of aromatic amines is 1. The number of halogens is 3. The summed E-state index contributed by atoms with van der Waals surface area (Å²) in [5.41, 5.74) is -0.550. The van der Waals surface area contributed by atoms with Gasteiger partial charge >= 0.3 is 6.18 Å². The zero-order valence-electron chi connectivity index (χ0n) is 9.78. The second-order valence-corrected chi connectivity index (χ2v) is 3.71. The SMILES string of the molecule is COc1cccc(-c2cc(=O)[nH]c(C(F)(F)F)n2)c1. The number of nitrogens with zero attached hydrogens (tertiary/aromatic N) is 1. The van der Waals surface area contributed by atoms with Crippen LogP contribution < -0.4 is 10.3 Å². The molecule has 0 aliphatic heterocycles. The molecule has 0 atom stereocenters. The number of rotatable bonds is 2. The Morgan fingerprint density at radius 2 is 2.00 bits per heavy atom. The smallest absolute Gasteiger partial charge is 0.449 e. The Labute approximate surface area is 105 Å². The van der Waals surface area contributed by atoms with Gasteiger partial charge in [-0.1, -0.05) is 12.1 Å². The molecule has 0 aliphatic carbocycles. The molecule has 1 aromatic heterocycles. The van der Waals surface area contributed by atoms with Crippen molar-refractivity contribution >= 4 is 0 Å². The highest BCUT2D eigenvalue weighted by atomic mass is 19.4. The first-order chi connectivity index (χ1) is 8.90. The van der Waals surface area contributed by atoms with Gasteiger partial charge in [-0.25, -0.2) is 4.98 Å². The number of H-pyrrole nitrogens is 1. The van der Waals surface area contributed by atoms with E-state index in [0.717, 1.165) is 6.07 Å². The van der Waals surface area contributed by atoms with Gasteiger partial charge in [0.15, 0.2) is 0 Å². The lowest BCUT2D eigenvalue weighted by Crippen LogP contribution is -2.18. The molecular formula is C12H9F3N2O2. The van der Waals surface area contributed by atoms with Gasteiger partial charge in [0.1, 0.15) is 5.75 Å². The van der Waals surface area contributed by atoms with Crippen LogP contribution in [0.2, 0.25) is 0 Å². The summed E-state index contributed by atoms with van der Waals surface area (Å²) in [6.07, 6.45) is -4.70. The van der Waals surface area contributed by atoms with Gasteiger partial charge in [-0.15, -0.1) is 0 Å². The molecular weight excluding hydrogens is 261 g/mol. The van der Waals surface area contributed by atoms with Crippen molar-refractivity contribution in [3.63, 3.8) is 0 Å². The number of hydrogen-bond donors (Lipinski definition) is 1. The maximum atomic E-state index is 12.6. The summed E-state index contributed by atoms with van der Waals surface area (Å²) in [6, 6.07) is 7.29. The van der Waals surface area contributed by atoms with Crippen LogP contribution in [0.4, 0.5) is 13.2 Å². The Bertz CT molecular complexity index is 650. The van der Waals surface area contributed by atoms with E-state index in [1.807, 2.05) is 0 Å². The monoisotopic (exact) mass is 270 g/mol. The maximum Gasteiger partial charge on any atom is 0.449 e. The molecule has 0 saturated heterocycles. The van der Waals surface area contributed by atoms with Crippen molar-refractivity contribution in [1.29, 1.82) is 0 Å². The van der Waals surface area contributed by atoms with Crippen LogP contribution in [0.5, 0.6) is 5.75 Å². The van der Waals surface area contributed by atoms with Crippen molar-refractivity contribution in [2.75, 3.05) is 7.11 Å². The zero-order chi connectivity index (χ0) is 14.0. The zero-order valence-corrected chi connectivity index (χ0v) is 9.78. The fourth-order valence-corrected chi connectivity index (χ4v) is 1.52. The van der Waals surface area contributed by atoms with E-state index < -0.39 is 17.6 Å². The summed E-state index contributed by atoms with van der Waals surface area (Å²) in [5, 5.41) is 0. The van der Waals surface area contributed by atoms with E-state index in [4.69, 9.17) is 4.74 Å². The predicted octanol–water partition coefficient (Wildman–Crippen LogP) is 2.46.